The molecule has 212 valence electrons. The molecular weight excluding hydrogens is 609 g/mol. The van der Waals surface area contributed by atoms with Crippen LogP contribution in [0.5, 0.6) is 0 Å². The molecule has 4 aliphatic carbocycles. The van der Waals surface area contributed by atoms with Gasteiger partial charge in [-0.2, -0.15) is 0 Å². The number of amides is 1. The maximum atomic E-state index is 13.2. The molecule has 1 aromatic rings. The lowest BCUT2D eigenvalue weighted by atomic mass is 9.46. The fraction of sp³-hybridized carbons (Fsp3) is 0.700. The molecule has 5 rings (SSSR count). The van der Waals surface area contributed by atoms with Crippen LogP contribution in [0, 0.1) is 38.3 Å². The second kappa shape index (κ2) is 11.1. The summed E-state index contributed by atoms with van der Waals surface area (Å²) in [5.41, 5.74) is 1.78. The minimum absolute atomic E-state index is 0.00809. The molecular formula is C30H40IN3O5. The van der Waals surface area contributed by atoms with Crippen LogP contribution in [0.1, 0.15) is 84.3 Å². The molecule has 0 saturated heterocycles. The summed E-state index contributed by atoms with van der Waals surface area (Å²) in [4.78, 5) is 57.8. The Hall–Kier alpha value is -2.04. The van der Waals surface area contributed by atoms with Crippen molar-refractivity contribution >= 4 is 46.0 Å². The fourth-order valence-corrected chi connectivity index (χ4v) is 9.24. The van der Waals surface area contributed by atoms with Crippen molar-refractivity contribution in [1.29, 1.82) is 0 Å². The van der Waals surface area contributed by atoms with Crippen molar-refractivity contribution in [2.75, 3.05) is 6.54 Å². The Bertz CT molecular complexity index is 1190. The quantitative estimate of drug-likeness (QED) is 0.311. The smallest absolute Gasteiger partial charge is 0.306 e. The molecule has 0 aromatic carbocycles. The van der Waals surface area contributed by atoms with E-state index in [0.717, 1.165) is 41.6 Å². The number of fused-ring (bicyclic) bond motifs is 5. The predicted molar refractivity (Wildman–Crippen MR) is 153 cm³/mol. The second-order valence-electron chi connectivity index (χ2n) is 12.7. The van der Waals surface area contributed by atoms with Crippen molar-refractivity contribution in [2.45, 2.75) is 91.1 Å². The van der Waals surface area contributed by atoms with E-state index in [1.54, 1.807) is 13.1 Å². The van der Waals surface area contributed by atoms with Crippen molar-refractivity contribution < 1.29 is 23.9 Å². The van der Waals surface area contributed by atoms with E-state index < -0.39 is 0 Å². The third-order valence-corrected chi connectivity index (χ3v) is 11.1. The largest absolute Gasteiger partial charge is 0.462 e. The highest BCUT2D eigenvalue weighted by molar-refractivity contribution is 14.1. The van der Waals surface area contributed by atoms with Crippen molar-refractivity contribution in [3.63, 3.8) is 0 Å². The van der Waals surface area contributed by atoms with Crippen molar-refractivity contribution in [3.8, 4) is 0 Å². The van der Waals surface area contributed by atoms with E-state index in [0.29, 0.717) is 37.6 Å². The number of carbonyl (C=O) groups is 4. The number of nitrogens with one attached hydrogen (secondary N) is 2. The van der Waals surface area contributed by atoms with Crippen LogP contribution in [0.25, 0.3) is 0 Å². The van der Waals surface area contributed by atoms with Gasteiger partial charge in [0.05, 0.1) is 6.42 Å². The Morgan fingerprint density at radius 2 is 1.97 bits per heavy atom. The molecule has 0 bridgehead atoms. The average molecular weight is 650 g/mol. The van der Waals surface area contributed by atoms with Crippen LogP contribution in [0.15, 0.2) is 17.8 Å². The van der Waals surface area contributed by atoms with Crippen LogP contribution in [0.2, 0.25) is 0 Å². The molecule has 4 aliphatic rings. The number of aromatic amines is 1. The molecule has 3 fully saturated rings. The van der Waals surface area contributed by atoms with Gasteiger partial charge in [-0.25, -0.2) is 4.98 Å². The number of aromatic nitrogens is 2. The lowest BCUT2D eigenvalue weighted by Gasteiger charge is -2.60. The maximum Gasteiger partial charge on any atom is 0.306 e. The van der Waals surface area contributed by atoms with E-state index in [-0.39, 0.29) is 65.1 Å². The first kappa shape index (κ1) is 28.5. The number of Topliss-reactive ketones (excluding diaryl/α,β-unsaturated/α-hetero) is 1. The number of hydrogen-bond donors (Lipinski definition) is 2. The number of allylic oxidation sites excluding steroid dienone is 1. The summed E-state index contributed by atoms with van der Waals surface area (Å²) in [5.74, 6) is 0.791. The first-order chi connectivity index (χ1) is 18.5. The fourth-order valence-electron chi connectivity index (χ4n) is 8.76. The van der Waals surface area contributed by atoms with Crippen LogP contribution in [-0.4, -0.2) is 46.1 Å². The van der Waals surface area contributed by atoms with Gasteiger partial charge < -0.3 is 15.0 Å². The second-order valence-corrected chi connectivity index (χ2v) is 13.7. The van der Waals surface area contributed by atoms with Gasteiger partial charge in [0.1, 0.15) is 11.9 Å². The molecule has 1 aromatic heterocycles. The average Bonchev–Trinajstić information content (AvgIpc) is 3.45. The summed E-state index contributed by atoms with van der Waals surface area (Å²) >= 11 is 2.10. The minimum Gasteiger partial charge on any atom is -0.462 e. The molecule has 0 radical (unpaired) electrons. The Morgan fingerprint density at radius 3 is 2.69 bits per heavy atom. The van der Waals surface area contributed by atoms with Gasteiger partial charge in [-0.3, -0.25) is 19.2 Å². The van der Waals surface area contributed by atoms with Crippen LogP contribution >= 0.6 is 22.6 Å². The molecule has 39 heavy (non-hydrogen) atoms. The van der Waals surface area contributed by atoms with Gasteiger partial charge in [-0.15, -0.1) is 0 Å². The number of nitrogens with zero attached hydrogens (tertiary/aromatic N) is 1. The molecule has 0 spiro atoms. The van der Waals surface area contributed by atoms with Gasteiger partial charge >= 0.3 is 5.97 Å². The number of ketones is 2. The number of halogens is 1. The summed E-state index contributed by atoms with van der Waals surface area (Å²) in [7, 11) is 0. The monoisotopic (exact) mass is 649 g/mol. The van der Waals surface area contributed by atoms with E-state index in [2.05, 4.69) is 51.7 Å². The normalized spacial score (nSPS) is 35.3. The maximum absolute atomic E-state index is 13.2. The van der Waals surface area contributed by atoms with Crippen molar-refractivity contribution in [2.24, 2.45) is 34.5 Å². The summed E-state index contributed by atoms with van der Waals surface area (Å²) in [6.07, 6.45) is 9.81. The SMILES string of the molecule is CC(=O)[C@H]1CC[C@H]2[C@@H]3CCC4=CC(=O)CC[C@]4(C)[C@H]3[C@H](OC(=O)CCC(=O)NCCc3cnc(I)[nH]3)C[C@]12C. The Kier molecular flexibility index (Phi) is 8.10. The zero-order chi connectivity index (χ0) is 27.9. The Balaban J connectivity index is 1.28. The van der Waals surface area contributed by atoms with Gasteiger partial charge in [0, 0.05) is 49.5 Å². The highest BCUT2D eigenvalue weighted by atomic mass is 127. The number of H-pyrrole nitrogens is 1. The van der Waals surface area contributed by atoms with E-state index >= 15 is 0 Å². The minimum atomic E-state index is -0.358. The summed E-state index contributed by atoms with van der Waals surface area (Å²) in [6, 6.07) is 0. The number of esters is 1. The molecule has 1 heterocycles. The number of ether oxygens (including phenoxy) is 1. The summed E-state index contributed by atoms with van der Waals surface area (Å²) < 4.78 is 7.08. The molecule has 9 heteroatoms. The zero-order valence-corrected chi connectivity index (χ0v) is 25.3. The molecule has 1 amide bonds. The van der Waals surface area contributed by atoms with Crippen molar-refractivity contribution in [1.82, 2.24) is 15.3 Å². The number of hydrogen-bond acceptors (Lipinski definition) is 6. The van der Waals surface area contributed by atoms with Gasteiger partial charge in [0.25, 0.3) is 0 Å². The number of rotatable bonds is 8. The zero-order valence-electron chi connectivity index (χ0n) is 23.2. The van der Waals surface area contributed by atoms with Crippen LogP contribution in [0.4, 0.5) is 0 Å². The first-order valence-electron chi connectivity index (χ1n) is 14.4. The third kappa shape index (κ3) is 5.48. The molecule has 0 unspecified atom stereocenters. The molecule has 0 aliphatic heterocycles. The van der Waals surface area contributed by atoms with E-state index in [1.807, 2.05) is 6.08 Å². The summed E-state index contributed by atoms with van der Waals surface area (Å²) in [6.45, 7) is 6.67. The third-order valence-electron chi connectivity index (χ3n) is 10.5. The predicted octanol–water partition coefficient (Wildman–Crippen LogP) is 4.71. The first-order valence-corrected chi connectivity index (χ1v) is 15.5. The van der Waals surface area contributed by atoms with E-state index in [4.69, 9.17) is 4.74 Å². The highest BCUT2D eigenvalue weighted by Gasteiger charge is 2.63. The van der Waals surface area contributed by atoms with Crippen LogP contribution < -0.4 is 5.32 Å². The lowest BCUT2D eigenvalue weighted by Crippen LogP contribution is -2.58. The van der Waals surface area contributed by atoms with Gasteiger partial charge in [0.2, 0.25) is 5.91 Å². The van der Waals surface area contributed by atoms with Gasteiger partial charge in [0.15, 0.2) is 9.61 Å². The summed E-state index contributed by atoms with van der Waals surface area (Å²) in [5, 5.41) is 2.87. The molecule has 8 nitrogen and oxygen atoms in total. The Morgan fingerprint density at radius 1 is 1.18 bits per heavy atom. The Labute approximate surface area is 244 Å². The van der Waals surface area contributed by atoms with Gasteiger partial charge in [-0.05, 0) is 96.8 Å². The van der Waals surface area contributed by atoms with E-state index in [9.17, 15) is 19.2 Å². The topological polar surface area (TPSA) is 118 Å². The molecule has 7 atom stereocenters. The lowest BCUT2D eigenvalue weighted by molar-refractivity contribution is -0.178. The van der Waals surface area contributed by atoms with Crippen molar-refractivity contribution in [3.05, 3.63) is 27.4 Å². The highest BCUT2D eigenvalue weighted by Crippen LogP contribution is 2.67. The van der Waals surface area contributed by atoms with Crippen LogP contribution in [-0.2, 0) is 30.3 Å². The van der Waals surface area contributed by atoms with Gasteiger partial charge in [-0.1, -0.05) is 19.4 Å². The number of imidazole rings is 1. The van der Waals surface area contributed by atoms with Crippen LogP contribution in [0.3, 0.4) is 0 Å². The number of carbonyl (C=O) groups excluding carboxylic acids is 4. The molecule has 3 saturated carbocycles. The molecule has 2 N–H and O–H groups in total. The van der Waals surface area contributed by atoms with E-state index in [1.165, 1.54) is 5.57 Å². The standard InChI is InChI=1S/C30H40IN3O5/c1-17(35)22-6-7-23-21-5-4-18-14-20(36)10-12-29(18,2)27(21)24(15-30(22,23)3)39-26(38)9-8-25(37)32-13-11-19-16-33-28(31)34-19/h14,16,21-24,27H,4-13,15H2,1-3H3,(H,32,37)(H,33,34)/t21-,22+,23-,24+,27+,29-,30+/m0/s1.